The van der Waals surface area contributed by atoms with Crippen LogP contribution in [0.4, 0.5) is 11.4 Å². The third kappa shape index (κ3) is 4.31. The molecule has 0 heterocycles. The first-order valence-corrected chi connectivity index (χ1v) is 6.57. The van der Waals surface area contributed by atoms with E-state index in [0.29, 0.717) is 24.4 Å². The zero-order valence-electron chi connectivity index (χ0n) is 10.9. The third-order valence-corrected chi connectivity index (χ3v) is 3.27. The second kappa shape index (κ2) is 6.75. The van der Waals surface area contributed by atoms with Gasteiger partial charge in [-0.15, -0.1) is 0 Å². The van der Waals surface area contributed by atoms with Gasteiger partial charge >= 0.3 is 0 Å². The molecule has 1 amide bonds. The van der Waals surface area contributed by atoms with E-state index in [1.165, 1.54) is 0 Å². The third-order valence-electron chi connectivity index (χ3n) is 2.61. The van der Waals surface area contributed by atoms with Crippen LogP contribution in [-0.4, -0.2) is 19.6 Å². The molecule has 5 heteroatoms. The van der Waals surface area contributed by atoms with Crippen molar-refractivity contribution in [1.29, 1.82) is 0 Å². The molecule has 1 atom stereocenters. The highest BCUT2D eigenvalue weighted by Crippen LogP contribution is 2.28. The standard InChI is InChI=1S/C13H19BrN2O2/c1-8(7-18-3)4-13(17)16-12-6-11(15)9(2)5-10(12)14/h5-6,8H,4,7,15H2,1-3H3,(H,16,17). The average molecular weight is 315 g/mol. The van der Waals surface area contributed by atoms with Gasteiger partial charge in [0.2, 0.25) is 5.91 Å². The minimum absolute atomic E-state index is 0.0384. The van der Waals surface area contributed by atoms with E-state index in [-0.39, 0.29) is 11.8 Å². The molecule has 0 radical (unpaired) electrons. The number of ether oxygens (including phenoxy) is 1. The first kappa shape index (κ1) is 15.0. The lowest BCUT2D eigenvalue weighted by molar-refractivity contribution is -0.117. The van der Waals surface area contributed by atoms with E-state index in [1.54, 1.807) is 13.2 Å². The zero-order valence-corrected chi connectivity index (χ0v) is 12.5. The maximum atomic E-state index is 11.8. The Morgan fingerprint density at radius 2 is 2.22 bits per heavy atom. The molecule has 18 heavy (non-hydrogen) atoms. The van der Waals surface area contributed by atoms with Gasteiger partial charge in [0.15, 0.2) is 0 Å². The number of carbonyl (C=O) groups is 1. The predicted molar refractivity (Wildman–Crippen MR) is 77.6 cm³/mol. The zero-order chi connectivity index (χ0) is 13.7. The highest BCUT2D eigenvalue weighted by molar-refractivity contribution is 9.10. The summed E-state index contributed by atoms with van der Waals surface area (Å²) in [6, 6.07) is 3.65. The van der Waals surface area contributed by atoms with Gasteiger partial charge in [0, 0.05) is 30.3 Å². The van der Waals surface area contributed by atoms with Crippen LogP contribution in [0.15, 0.2) is 16.6 Å². The van der Waals surface area contributed by atoms with Crippen LogP contribution in [0.25, 0.3) is 0 Å². The fourth-order valence-electron chi connectivity index (χ4n) is 1.65. The molecule has 0 aliphatic rings. The highest BCUT2D eigenvalue weighted by Gasteiger charge is 2.11. The van der Waals surface area contributed by atoms with Crippen LogP contribution in [0.1, 0.15) is 18.9 Å². The second-order valence-corrected chi connectivity index (χ2v) is 5.36. The smallest absolute Gasteiger partial charge is 0.224 e. The molecule has 100 valence electrons. The molecule has 1 aromatic carbocycles. The number of aryl methyl sites for hydroxylation is 1. The Labute approximate surface area is 116 Å². The molecule has 0 saturated heterocycles. The number of carbonyl (C=O) groups excluding carboxylic acids is 1. The number of benzene rings is 1. The Bertz CT molecular complexity index is 435. The fourth-order valence-corrected chi connectivity index (χ4v) is 2.20. The summed E-state index contributed by atoms with van der Waals surface area (Å²) in [5.74, 6) is 0.153. The SMILES string of the molecule is COCC(C)CC(=O)Nc1cc(N)c(C)cc1Br. The minimum atomic E-state index is -0.0384. The van der Waals surface area contributed by atoms with Crippen LogP contribution in [-0.2, 0) is 9.53 Å². The van der Waals surface area contributed by atoms with E-state index in [0.717, 1.165) is 10.0 Å². The Balaban J connectivity index is 2.67. The van der Waals surface area contributed by atoms with Crippen molar-refractivity contribution in [3.63, 3.8) is 0 Å². The lowest BCUT2D eigenvalue weighted by Gasteiger charge is -2.13. The summed E-state index contributed by atoms with van der Waals surface area (Å²) in [5, 5.41) is 2.85. The van der Waals surface area contributed by atoms with Crippen molar-refractivity contribution >= 4 is 33.2 Å². The van der Waals surface area contributed by atoms with Crippen molar-refractivity contribution < 1.29 is 9.53 Å². The monoisotopic (exact) mass is 314 g/mol. The van der Waals surface area contributed by atoms with Crippen LogP contribution in [0.5, 0.6) is 0 Å². The van der Waals surface area contributed by atoms with Crippen molar-refractivity contribution in [3.8, 4) is 0 Å². The van der Waals surface area contributed by atoms with Crippen LogP contribution in [0, 0.1) is 12.8 Å². The fraction of sp³-hybridized carbons (Fsp3) is 0.462. The van der Waals surface area contributed by atoms with E-state index in [1.807, 2.05) is 19.9 Å². The van der Waals surface area contributed by atoms with Gasteiger partial charge in [-0.05, 0) is 46.5 Å². The number of hydrogen-bond donors (Lipinski definition) is 2. The van der Waals surface area contributed by atoms with Crippen molar-refractivity contribution in [1.82, 2.24) is 0 Å². The normalized spacial score (nSPS) is 12.2. The number of nitrogens with two attached hydrogens (primary N) is 1. The molecule has 4 nitrogen and oxygen atoms in total. The number of nitrogens with one attached hydrogen (secondary N) is 1. The predicted octanol–water partition coefficient (Wildman–Crippen LogP) is 2.95. The molecule has 1 aromatic rings. The minimum Gasteiger partial charge on any atom is -0.398 e. The Kier molecular flexibility index (Phi) is 5.62. The maximum absolute atomic E-state index is 11.8. The quantitative estimate of drug-likeness (QED) is 0.821. The summed E-state index contributed by atoms with van der Waals surface area (Å²) in [6.07, 6.45) is 0.425. The van der Waals surface area contributed by atoms with Gasteiger partial charge in [0.05, 0.1) is 5.69 Å². The van der Waals surface area contributed by atoms with E-state index in [2.05, 4.69) is 21.2 Å². The number of methoxy groups -OCH3 is 1. The molecule has 0 spiro atoms. The molecule has 1 rings (SSSR count). The van der Waals surface area contributed by atoms with Crippen molar-refractivity contribution in [3.05, 3.63) is 22.2 Å². The van der Waals surface area contributed by atoms with E-state index in [4.69, 9.17) is 10.5 Å². The van der Waals surface area contributed by atoms with Gasteiger partial charge < -0.3 is 15.8 Å². The summed E-state index contributed by atoms with van der Waals surface area (Å²) in [5.41, 5.74) is 8.17. The molecule has 0 saturated carbocycles. The van der Waals surface area contributed by atoms with Crippen molar-refractivity contribution in [2.45, 2.75) is 20.3 Å². The number of halogens is 1. The largest absolute Gasteiger partial charge is 0.398 e. The first-order chi connectivity index (χ1) is 8.43. The molecular formula is C13H19BrN2O2. The lowest BCUT2D eigenvalue weighted by atomic mass is 10.1. The Hall–Kier alpha value is -1.07. The summed E-state index contributed by atoms with van der Waals surface area (Å²) in [6.45, 7) is 4.47. The lowest BCUT2D eigenvalue weighted by Crippen LogP contribution is -2.18. The molecule has 0 aliphatic heterocycles. The second-order valence-electron chi connectivity index (χ2n) is 4.50. The number of anilines is 2. The van der Waals surface area contributed by atoms with Gasteiger partial charge in [-0.1, -0.05) is 6.92 Å². The summed E-state index contributed by atoms with van der Waals surface area (Å²) >= 11 is 3.41. The Morgan fingerprint density at radius 3 is 2.83 bits per heavy atom. The van der Waals surface area contributed by atoms with Gasteiger partial charge in [-0.3, -0.25) is 4.79 Å². The van der Waals surface area contributed by atoms with Crippen molar-refractivity contribution in [2.24, 2.45) is 5.92 Å². The molecular weight excluding hydrogens is 296 g/mol. The first-order valence-electron chi connectivity index (χ1n) is 5.78. The molecule has 3 N–H and O–H groups in total. The van der Waals surface area contributed by atoms with Crippen LogP contribution in [0.3, 0.4) is 0 Å². The average Bonchev–Trinajstić information content (AvgIpc) is 2.26. The van der Waals surface area contributed by atoms with Gasteiger partial charge in [0.25, 0.3) is 0 Å². The number of rotatable bonds is 5. The summed E-state index contributed by atoms with van der Waals surface area (Å²) in [4.78, 5) is 11.8. The molecule has 0 aromatic heterocycles. The highest BCUT2D eigenvalue weighted by atomic mass is 79.9. The van der Waals surface area contributed by atoms with Gasteiger partial charge in [0.1, 0.15) is 0 Å². The number of nitrogen functional groups attached to an aromatic ring is 1. The van der Waals surface area contributed by atoms with E-state index < -0.39 is 0 Å². The Morgan fingerprint density at radius 1 is 1.56 bits per heavy atom. The topological polar surface area (TPSA) is 64.3 Å². The van der Waals surface area contributed by atoms with E-state index in [9.17, 15) is 4.79 Å². The summed E-state index contributed by atoms with van der Waals surface area (Å²) < 4.78 is 5.84. The molecule has 0 fully saturated rings. The molecule has 1 unspecified atom stereocenters. The van der Waals surface area contributed by atoms with E-state index >= 15 is 0 Å². The molecule has 0 bridgehead atoms. The van der Waals surface area contributed by atoms with Gasteiger partial charge in [-0.25, -0.2) is 0 Å². The number of hydrogen-bond acceptors (Lipinski definition) is 3. The van der Waals surface area contributed by atoms with Gasteiger partial charge in [-0.2, -0.15) is 0 Å². The number of amides is 1. The molecule has 0 aliphatic carbocycles. The van der Waals surface area contributed by atoms with Crippen LogP contribution in [0.2, 0.25) is 0 Å². The van der Waals surface area contributed by atoms with Crippen LogP contribution >= 0.6 is 15.9 Å². The van der Waals surface area contributed by atoms with Crippen molar-refractivity contribution in [2.75, 3.05) is 24.8 Å². The summed E-state index contributed by atoms with van der Waals surface area (Å²) in [7, 11) is 1.63. The maximum Gasteiger partial charge on any atom is 0.224 e. The van der Waals surface area contributed by atoms with Crippen LogP contribution < -0.4 is 11.1 Å².